The second kappa shape index (κ2) is 6.93. The molecule has 1 aliphatic heterocycles. The predicted octanol–water partition coefficient (Wildman–Crippen LogP) is 4.91. The molecule has 2 aromatic carbocycles. The van der Waals surface area contributed by atoms with Gasteiger partial charge in [-0.2, -0.15) is 5.26 Å². The summed E-state index contributed by atoms with van der Waals surface area (Å²) in [7, 11) is 0. The minimum absolute atomic E-state index is 0.204. The molecule has 0 bridgehead atoms. The van der Waals surface area contributed by atoms with Crippen molar-refractivity contribution in [1.82, 2.24) is 4.90 Å². The quantitative estimate of drug-likeness (QED) is 0.686. The zero-order valence-corrected chi connectivity index (χ0v) is 17.1. The van der Waals surface area contributed by atoms with Crippen molar-refractivity contribution in [3.8, 4) is 11.8 Å². The molecule has 0 saturated heterocycles. The van der Waals surface area contributed by atoms with Gasteiger partial charge in [0.2, 0.25) is 0 Å². The van der Waals surface area contributed by atoms with Crippen molar-refractivity contribution in [3.63, 3.8) is 0 Å². The molecule has 0 spiro atoms. The van der Waals surface area contributed by atoms with Crippen molar-refractivity contribution in [2.45, 2.75) is 44.4 Å². The van der Waals surface area contributed by atoms with E-state index in [2.05, 4.69) is 33.0 Å². The Hall–Kier alpha value is -2.32. The van der Waals surface area contributed by atoms with Crippen molar-refractivity contribution in [1.29, 1.82) is 5.26 Å². The highest BCUT2D eigenvalue weighted by molar-refractivity contribution is 9.10. The van der Waals surface area contributed by atoms with E-state index in [9.17, 15) is 4.79 Å². The summed E-state index contributed by atoms with van der Waals surface area (Å²) in [6, 6.07) is 16.1. The maximum absolute atomic E-state index is 12.8. The van der Waals surface area contributed by atoms with Crippen LogP contribution in [0.3, 0.4) is 0 Å². The molecule has 142 valence electrons. The second-order valence-electron chi connectivity index (χ2n) is 8.20. The van der Waals surface area contributed by atoms with Crippen LogP contribution in [0.2, 0.25) is 0 Å². The number of carbonyl (C=O) groups excluding carboxylic acids is 1. The van der Waals surface area contributed by atoms with E-state index < -0.39 is 0 Å². The normalized spacial score (nSPS) is 28.1. The molecule has 1 heterocycles. The largest absolute Gasteiger partial charge is 0.490 e. The number of amides is 1. The standard InChI is InChI=1S/C23H21BrN2O2/c24-22-11-19(6-5-14(22)12-25)28-20-9-16-7-18(8-17(16)10-20)26-13-15-3-1-2-4-21(15)23(26)27/h1-6,11,16-18,20H,7-10,13H2. The van der Waals surface area contributed by atoms with Crippen LogP contribution < -0.4 is 4.74 Å². The van der Waals surface area contributed by atoms with Crippen LogP contribution in [0.25, 0.3) is 0 Å². The third-order valence-electron chi connectivity index (χ3n) is 6.60. The van der Waals surface area contributed by atoms with Crippen molar-refractivity contribution in [3.05, 3.63) is 63.6 Å². The average molecular weight is 437 g/mol. The molecule has 28 heavy (non-hydrogen) atoms. The van der Waals surface area contributed by atoms with E-state index in [0.717, 1.165) is 53.6 Å². The van der Waals surface area contributed by atoms with Crippen molar-refractivity contribution < 1.29 is 9.53 Å². The number of benzene rings is 2. The lowest BCUT2D eigenvalue weighted by atomic mass is 10.0. The fourth-order valence-electron chi connectivity index (χ4n) is 5.30. The monoisotopic (exact) mass is 436 g/mol. The molecule has 3 aliphatic rings. The van der Waals surface area contributed by atoms with E-state index in [0.29, 0.717) is 23.4 Å². The maximum atomic E-state index is 12.8. The van der Waals surface area contributed by atoms with Gasteiger partial charge in [-0.25, -0.2) is 0 Å². The van der Waals surface area contributed by atoms with Crippen LogP contribution in [0, 0.1) is 23.2 Å². The Balaban J connectivity index is 1.21. The predicted molar refractivity (Wildman–Crippen MR) is 109 cm³/mol. The topological polar surface area (TPSA) is 53.3 Å². The van der Waals surface area contributed by atoms with Gasteiger partial charge in [0, 0.05) is 22.6 Å². The number of hydrogen-bond donors (Lipinski definition) is 0. The molecule has 2 atom stereocenters. The van der Waals surface area contributed by atoms with Crippen molar-refractivity contribution in [2.24, 2.45) is 11.8 Å². The lowest BCUT2D eigenvalue weighted by Crippen LogP contribution is -2.34. The molecule has 0 N–H and O–H groups in total. The van der Waals surface area contributed by atoms with E-state index in [1.165, 1.54) is 0 Å². The van der Waals surface area contributed by atoms with Crippen LogP contribution in [-0.2, 0) is 6.54 Å². The highest BCUT2D eigenvalue weighted by Crippen LogP contribution is 2.48. The van der Waals surface area contributed by atoms with Crippen LogP contribution in [-0.4, -0.2) is 23.0 Å². The van der Waals surface area contributed by atoms with Crippen LogP contribution >= 0.6 is 15.9 Å². The number of nitriles is 1. The molecule has 2 fully saturated rings. The van der Waals surface area contributed by atoms with Gasteiger partial charge >= 0.3 is 0 Å². The van der Waals surface area contributed by atoms with E-state index in [1.54, 1.807) is 6.07 Å². The van der Waals surface area contributed by atoms with Crippen molar-refractivity contribution in [2.75, 3.05) is 0 Å². The van der Waals surface area contributed by atoms with Gasteiger partial charge < -0.3 is 9.64 Å². The van der Waals surface area contributed by atoms with Crippen molar-refractivity contribution >= 4 is 21.8 Å². The number of fused-ring (bicyclic) bond motifs is 2. The first-order chi connectivity index (χ1) is 13.6. The lowest BCUT2D eigenvalue weighted by Gasteiger charge is -2.25. The zero-order chi connectivity index (χ0) is 19.3. The summed E-state index contributed by atoms with van der Waals surface area (Å²) in [4.78, 5) is 14.9. The summed E-state index contributed by atoms with van der Waals surface area (Å²) in [5, 5.41) is 9.04. The summed E-state index contributed by atoms with van der Waals surface area (Å²) >= 11 is 3.43. The fraction of sp³-hybridized carbons (Fsp3) is 0.391. The van der Waals surface area contributed by atoms with E-state index in [-0.39, 0.29) is 12.0 Å². The summed E-state index contributed by atoms with van der Waals surface area (Å²) in [5.41, 5.74) is 2.67. The Morgan fingerprint density at radius 2 is 1.82 bits per heavy atom. The van der Waals surface area contributed by atoms with E-state index in [4.69, 9.17) is 10.00 Å². The third kappa shape index (κ3) is 3.00. The first kappa shape index (κ1) is 17.8. The van der Waals surface area contributed by atoms with E-state index in [1.807, 2.05) is 30.3 Å². The van der Waals surface area contributed by atoms with Gasteiger partial charge in [-0.05, 0) is 83.3 Å². The molecule has 2 unspecified atom stereocenters. The number of rotatable bonds is 3. The molecular formula is C23H21BrN2O2. The van der Waals surface area contributed by atoms with Gasteiger partial charge in [0.25, 0.3) is 5.91 Å². The molecule has 2 aromatic rings. The minimum Gasteiger partial charge on any atom is -0.490 e. The summed E-state index contributed by atoms with van der Waals surface area (Å²) in [5.74, 6) is 2.29. The van der Waals surface area contributed by atoms with Gasteiger partial charge in [0.1, 0.15) is 11.8 Å². The molecule has 0 aromatic heterocycles. The molecule has 5 heteroatoms. The van der Waals surface area contributed by atoms with Gasteiger partial charge in [-0.3, -0.25) is 4.79 Å². The molecule has 0 radical (unpaired) electrons. The molecular weight excluding hydrogens is 416 g/mol. The van der Waals surface area contributed by atoms with E-state index >= 15 is 0 Å². The highest BCUT2D eigenvalue weighted by Gasteiger charge is 2.46. The van der Waals surface area contributed by atoms with Gasteiger partial charge in [0.05, 0.1) is 11.7 Å². The Bertz CT molecular complexity index is 969. The van der Waals surface area contributed by atoms with Crippen LogP contribution in [0.1, 0.15) is 47.2 Å². The van der Waals surface area contributed by atoms with Gasteiger partial charge in [-0.1, -0.05) is 18.2 Å². The SMILES string of the molecule is N#Cc1ccc(OC2CC3CC(N4Cc5ccccc5C4=O)CC3C2)cc1Br. The van der Waals surface area contributed by atoms with Crippen LogP contribution in [0.5, 0.6) is 5.75 Å². The van der Waals surface area contributed by atoms with Crippen LogP contribution in [0.4, 0.5) is 0 Å². The summed E-state index contributed by atoms with van der Waals surface area (Å²) < 4.78 is 6.98. The molecule has 2 saturated carbocycles. The molecule has 1 amide bonds. The number of hydrogen-bond acceptors (Lipinski definition) is 3. The number of carbonyl (C=O) groups is 1. The maximum Gasteiger partial charge on any atom is 0.254 e. The molecule has 4 nitrogen and oxygen atoms in total. The number of halogens is 1. The Morgan fingerprint density at radius 1 is 1.07 bits per heavy atom. The molecule has 5 rings (SSSR count). The van der Waals surface area contributed by atoms with Gasteiger partial charge in [-0.15, -0.1) is 0 Å². The third-order valence-corrected chi connectivity index (χ3v) is 7.26. The Kier molecular flexibility index (Phi) is 4.40. The van der Waals surface area contributed by atoms with Gasteiger partial charge in [0.15, 0.2) is 0 Å². The number of nitrogens with zero attached hydrogens (tertiary/aromatic N) is 2. The minimum atomic E-state index is 0.204. The first-order valence-electron chi connectivity index (χ1n) is 9.87. The number of ether oxygens (including phenoxy) is 1. The summed E-state index contributed by atoms with van der Waals surface area (Å²) in [6.07, 6.45) is 4.49. The Morgan fingerprint density at radius 3 is 2.50 bits per heavy atom. The van der Waals surface area contributed by atoms with Crippen LogP contribution in [0.15, 0.2) is 46.9 Å². The highest BCUT2D eigenvalue weighted by atomic mass is 79.9. The fourth-order valence-corrected chi connectivity index (χ4v) is 5.75. The zero-order valence-electron chi connectivity index (χ0n) is 15.5. The summed E-state index contributed by atoms with van der Waals surface area (Å²) in [6.45, 7) is 0.762. The average Bonchev–Trinajstić information content (AvgIpc) is 3.34. The smallest absolute Gasteiger partial charge is 0.254 e. The molecule has 2 aliphatic carbocycles. The first-order valence-corrected chi connectivity index (χ1v) is 10.7. The second-order valence-corrected chi connectivity index (χ2v) is 9.05. The lowest BCUT2D eigenvalue weighted by molar-refractivity contribution is 0.0693. The Labute approximate surface area is 173 Å².